The third-order valence-electron chi connectivity index (χ3n) is 9.48. The molecule has 4 rings (SSSR count). The van der Waals surface area contributed by atoms with E-state index in [1.807, 2.05) is 7.05 Å². The van der Waals surface area contributed by atoms with Crippen molar-refractivity contribution in [2.45, 2.75) is 123 Å². The summed E-state index contributed by atoms with van der Waals surface area (Å²) in [6, 6.07) is -4.06. The van der Waals surface area contributed by atoms with Crippen LogP contribution in [0.15, 0.2) is 0 Å². The van der Waals surface area contributed by atoms with Crippen LogP contribution in [-0.2, 0) is 33.2 Å². The quantitative estimate of drug-likeness (QED) is 0.0660. The standard InChI is InChI=1S/C28H58N8O13/c1-35-2-3-36-4-5-43-23-13(8-30)45-27(16(34)20(23)41)47-22-11(32)6-10(31)17(38)25(22)49-28-21(42)24(14(9-37)46-28)48-26-15(33)19(40)18(39)12(7-29)44-26/h10-28,35-42H,2-9,29-34H2,1H3/t10-,11?,12+,13?,14-,15-,16?,17?,18?,19?,20-,21?,22-,23-,24+,25-,26?,27-,28?/m1/s1. The molecule has 3 heterocycles. The summed E-state index contributed by atoms with van der Waals surface area (Å²) in [5.41, 5.74) is 36.6. The number of hydrogen-bond donors (Lipinski definition) is 14. The summed E-state index contributed by atoms with van der Waals surface area (Å²) in [4.78, 5) is 0. The van der Waals surface area contributed by atoms with Gasteiger partial charge in [-0.05, 0) is 13.5 Å². The first-order valence-electron chi connectivity index (χ1n) is 16.7. The van der Waals surface area contributed by atoms with Crippen molar-refractivity contribution in [3.63, 3.8) is 0 Å². The zero-order valence-electron chi connectivity index (χ0n) is 27.6. The van der Waals surface area contributed by atoms with Crippen LogP contribution in [0.3, 0.4) is 0 Å². The molecule has 0 radical (unpaired) electrons. The lowest BCUT2D eigenvalue weighted by molar-refractivity contribution is -0.310. The Hall–Kier alpha value is -0.840. The summed E-state index contributed by atoms with van der Waals surface area (Å²) in [6.45, 7) is 1.44. The predicted octanol–water partition coefficient (Wildman–Crippen LogP) is -9.06. The maximum absolute atomic E-state index is 11.3. The molecule has 1 aliphatic carbocycles. The number of nitrogens with one attached hydrogen (secondary N) is 2. The van der Waals surface area contributed by atoms with E-state index in [2.05, 4.69) is 10.6 Å². The first-order valence-corrected chi connectivity index (χ1v) is 16.7. The number of rotatable bonds is 16. The Morgan fingerprint density at radius 1 is 0.612 bits per heavy atom. The second-order valence-electron chi connectivity index (χ2n) is 12.9. The van der Waals surface area contributed by atoms with E-state index in [-0.39, 0.29) is 26.1 Å². The zero-order chi connectivity index (χ0) is 36.0. The molecule has 0 amide bonds. The summed E-state index contributed by atoms with van der Waals surface area (Å²) in [7, 11) is 1.84. The van der Waals surface area contributed by atoms with Crippen LogP contribution in [0.1, 0.15) is 6.42 Å². The maximum atomic E-state index is 11.3. The Balaban J connectivity index is 1.44. The van der Waals surface area contributed by atoms with Crippen LogP contribution in [-0.4, -0.2) is 200 Å². The van der Waals surface area contributed by atoms with Gasteiger partial charge < -0.3 is 109 Å². The fourth-order valence-electron chi connectivity index (χ4n) is 6.54. The average Bonchev–Trinajstić information content (AvgIpc) is 3.38. The molecule has 4 aliphatic rings. The molecule has 0 aromatic carbocycles. The lowest BCUT2D eigenvalue weighted by atomic mass is 9.84. The molecule has 21 nitrogen and oxygen atoms in total. The van der Waals surface area contributed by atoms with E-state index in [9.17, 15) is 30.6 Å². The lowest BCUT2D eigenvalue weighted by Crippen LogP contribution is -2.68. The number of hydrogen-bond acceptors (Lipinski definition) is 21. The normalized spacial score (nSPS) is 47.8. The van der Waals surface area contributed by atoms with E-state index >= 15 is 0 Å². The Labute approximate surface area is 284 Å². The summed E-state index contributed by atoms with van der Waals surface area (Å²) in [5, 5.41) is 70.3. The maximum Gasteiger partial charge on any atom is 0.187 e. The van der Waals surface area contributed by atoms with Gasteiger partial charge in [-0.3, -0.25) is 0 Å². The molecule has 288 valence electrons. The van der Waals surface area contributed by atoms with Gasteiger partial charge in [0.2, 0.25) is 0 Å². The van der Waals surface area contributed by atoms with Gasteiger partial charge in [0.25, 0.3) is 0 Å². The van der Waals surface area contributed by atoms with Crippen molar-refractivity contribution in [3.05, 3.63) is 0 Å². The predicted molar refractivity (Wildman–Crippen MR) is 169 cm³/mol. The van der Waals surface area contributed by atoms with Gasteiger partial charge in [-0.25, -0.2) is 0 Å². The molecule has 0 bridgehead atoms. The van der Waals surface area contributed by atoms with E-state index in [4.69, 9.17) is 67.6 Å². The molecule has 3 aliphatic heterocycles. The fraction of sp³-hybridized carbons (Fsp3) is 1.00. The smallest absolute Gasteiger partial charge is 0.187 e. The van der Waals surface area contributed by atoms with Crippen molar-refractivity contribution < 1.29 is 63.8 Å². The summed E-state index contributed by atoms with van der Waals surface area (Å²) in [5.74, 6) is 0. The number of ether oxygens (including phenoxy) is 7. The van der Waals surface area contributed by atoms with Gasteiger partial charge in [-0.1, -0.05) is 0 Å². The van der Waals surface area contributed by atoms with Crippen LogP contribution in [0.25, 0.3) is 0 Å². The number of nitrogens with two attached hydrogens (primary N) is 6. The van der Waals surface area contributed by atoms with Gasteiger partial charge in [-0.2, -0.15) is 0 Å². The van der Waals surface area contributed by atoms with E-state index in [1.54, 1.807) is 0 Å². The summed E-state index contributed by atoms with van der Waals surface area (Å²) < 4.78 is 41.4. The van der Waals surface area contributed by atoms with Crippen molar-refractivity contribution in [1.82, 2.24) is 10.6 Å². The molecule has 4 fully saturated rings. The Morgan fingerprint density at radius 2 is 1.20 bits per heavy atom. The van der Waals surface area contributed by atoms with E-state index in [0.717, 1.165) is 13.1 Å². The van der Waals surface area contributed by atoms with E-state index < -0.39 is 123 Å². The summed E-state index contributed by atoms with van der Waals surface area (Å²) >= 11 is 0. The molecule has 3 saturated heterocycles. The molecule has 0 spiro atoms. The first-order chi connectivity index (χ1) is 23.4. The molecular formula is C28H58N8O13. The Bertz CT molecular complexity index is 983. The topological polar surface area (TPSA) is 366 Å². The molecule has 0 aromatic heterocycles. The van der Waals surface area contributed by atoms with Crippen molar-refractivity contribution >= 4 is 0 Å². The minimum atomic E-state index is -1.60. The second-order valence-corrected chi connectivity index (χ2v) is 12.9. The monoisotopic (exact) mass is 714 g/mol. The molecule has 49 heavy (non-hydrogen) atoms. The third-order valence-corrected chi connectivity index (χ3v) is 9.48. The third kappa shape index (κ3) is 9.40. The van der Waals surface area contributed by atoms with Crippen LogP contribution >= 0.6 is 0 Å². The van der Waals surface area contributed by atoms with E-state index in [1.165, 1.54) is 0 Å². The summed E-state index contributed by atoms with van der Waals surface area (Å²) in [6.07, 6.45) is -18.7. The Kier molecular flexibility index (Phi) is 15.7. The molecule has 21 heteroatoms. The fourth-order valence-corrected chi connectivity index (χ4v) is 6.54. The minimum Gasteiger partial charge on any atom is -0.394 e. The zero-order valence-corrected chi connectivity index (χ0v) is 27.6. The van der Waals surface area contributed by atoms with Crippen molar-refractivity contribution in [2.75, 3.05) is 53.0 Å². The lowest BCUT2D eigenvalue weighted by Gasteiger charge is -2.48. The highest BCUT2D eigenvalue weighted by Gasteiger charge is 2.54. The minimum absolute atomic E-state index is 0.0337. The van der Waals surface area contributed by atoms with Crippen LogP contribution in [0.5, 0.6) is 0 Å². The highest BCUT2D eigenvalue weighted by atomic mass is 16.8. The van der Waals surface area contributed by atoms with Crippen molar-refractivity contribution in [2.24, 2.45) is 34.4 Å². The largest absolute Gasteiger partial charge is 0.394 e. The second kappa shape index (κ2) is 18.8. The molecule has 1 saturated carbocycles. The van der Waals surface area contributed by atoms with Gasteiger partial charge in [0.1, 0.15) is 67.1 Å². The first kappa shape index (κ1) is 40.9. The van der Waals surface area contributed by atoms with Crippen LogP contribution in [0.2, 0.25) is 0 Å². The number of aliphatic hydroxyl groups is 6. The van der Waals surface area contributed by atoms with Gasteiger partial charge in [0.15, 0.2) is 18.9 Å². The van der Waals surface area contributed by atoms with E-state index in [0.29, 0.717) is 6.54 Å². The van der Waals surface area contributed by atoms with Gasteiger partial charge in [0, 0.05) is 44.8 Å². The van der Waals surface area contributed by atoms with Gasteiger partial charge in [0.05, 0.1) is 31.4 Å². The molecule has 9 unspecified atom stereocenters. The molecule has 0 aromatic rings. The number of aliphatic hydroxyl groups excluding tert-OH is 6. The Morgan fingerprint density at radius 3 is 1.84 bits per heavy atom. The van der Waals surface area contributed by atoms with Crippen LogP contribution in [0.4, 0.5) is 0 Å². The van der Waals surface area contributed by atoms with Gasteiger partial charge >= 0.3 is 0 Å². The van der Waals surface area contributed by atoms with Crippen LogP contribution in [0, 0.1) is 0 Å². The molecular weight excluding hydrogens is 656 g/mol. The highest BCUT2D eigenvalue weighted by Crippen LogP contribution is 2.34. The van der Waals surface area contributed by atoms with Crippen LogP contribution < -0.4 is 45.0 Å². The highest BCUT2D eigenvalue weighted by molar-refractivity contribution is 5.02. The van der Waals surface area contributed by atoms with Gasteiger partial charge in [-0.15, -0.1) is 0 Å². The van der Waals surface area contributed by atoms with Crippen molar-refractivity contribution in [3.8, 4) is 0 Å². The molecule has 19 atom stereocenters. The van der Waals surface area contributed by atoms with Crippen molar-refractivity contribution in [1.29, 1.82) is 0 Å². The number of likely N-dealkylation sites (N-methyl/N-ethyl adjacent to an activating group) is 1. The molecule has 20 N–H and O–H groups in total. The SMILES string of the molecule is CNCCNCCO[C@@H]1C(CN)O[C@H](O[C@@H]2C(N)C[C@@H](N)C(O)[C@H]2OC2O[C@H](CO)[C@H](OC3O[C@@H](CN)C(O)C(O)[C@H]3N)C2O)C(N)[C@H]1O. The average molecular weight is 715 g/mol.